The summed E-state index contributed by atoms with van der Waals surface area (Å²) in [5.41, 5.74) is 5.51. The molecule has 5 aromatic rings. The zero-order valence-electron chi connectivity index (χ0n) is 11.6. The van der Waals surface area contributed by atoms with Gasteiger partial charge in [0, 0.05) is 23.2 Å². The van der Waals surface area contributed by atoms with E-state index in [0.29, 0.717) is 0 Å². The van der Waals surface area contributed by atoms with Gasteiger partial charge >= 0.3 is 0 Å². The number of hydrogen-bond donors (Lipinski definition) is 0. The molecule has 1 aromatic carbocycles. The molecule has 0 atom stereocenters. The number of benzene rings is 1. The van der Waals surface area contributed by atoms with Crippen LogP contribution in [0, 0.1) is 0 Å². The summed E-state index contributed by atoms with van der Waals surface area (Å²) < 4.78 is 0. The average molecular weight is 282 g/mol. The standard InChI is InChI=1S/C18H10N4/c1-3-13-17(19-5-1)9-11-8-16-12(7-15(11)21-13)10-18-14(22-16)4-2-6-20-18/h1-10H. The summed E-state index contributed by atoms with van der Waals surface area (Å²) in [6.07, 6.45) is 3.57. The Labute approximate surface area is 125 Å². The third-order valence-corrected chi connectivity index (χ3v) is 3.87. The Kier molecular flexibility index (Phi) is 2.19. The highest BCUT2D eigenvalue weighted by atomic mass is 14.8. The Bertz CT molecular complexity index is 997. The SMILES string of the molecule is c1cnc2cc3cc4nc5cccnc5cc4cc3nc2c1. The van der Waals surface area contributed by atoms with Crippen molar-refractivity contribution in [2.24, 2.45) is 0 Å². The van der Waals surface area contributed by atoms with Crippen molar-refractivity contribution in [3.63, 3.8) is 0 Å². The first kappa shape index (κ1) is 11.5. The largest absolute Gasteiger partial charge is 0.255 e. The molecule has 22 heavy (non-hydrogen) atoms. The zero-order chi connectivity index (χ0) is 14.5. The molecule has 0 radical (unpaired) electrons. The molecule has 0 fully saturated rings. The molecule has 0 aliphatic carbocycles. The predicted molar refractivity (Wildman–Crippen MR) is 87.6 cm³/mol. The normalized spacial score (nSPS) is 11.6. The fourth-order valence-electron chi connectivity index (χ4n) is 2.82. The van der Waals surface area contributed by atoms with Crippen LogP contribution in [0.15, 0.2) is 60.9 Å². The van der Waals surface area contributed by atoms with Gasteiger partial charge in [0.15, 0.2) is 0 Å². The number of fused-ring (bicyclic) bond motifs is 4. The maximum atomic E-state index is 4.70. The van der Waals surface area contributed by atoms with Crippen molar-refractivity contribution in [3.8, 4) is 0 Å². The average Bonchev–Trinajstić information content (AvgIpc) is 2.56. The maximum absolute atomic E-state index is 4.70. The first-order valence-corrected chi connectivity index (χ1v) is 7.08. The monoisotopic (exact) mass is 282 g/mol. The maximum Gasteiger partial charge on any atom is 0.0894 e. The summed E-state index contributed by atoms with van der Waals surface area (Å²) in [5.74, 6) is 0. The second-order valence-corrected chi connectivity index (χ2v) is 5.30. The smallest absolute Gasteiger partial charge is 0.0894 e. The minimum absolute atomic E-state index is 0.900. The molecule has 0 amide bonds. The summed E-state index contributed by atoms with van der Waals surface area (Å²) in [5, 5.41) is 2.10. The molecule has 0 saturated carbocycles. The van der Waals surface area contributed by atoms with E-state index in [1.165, 1.54) is 0 Å². The van der Waals surface area contributed by atoms with E-state index >= 15 is 0 Å². The lowest BCUT2D eigenvalue weighted by Gasteiger charge is -2.04. The van der Waals surface area contributed by atoms with Crippen LogP contribution in [-0.4, -0.2) is 19.9 Å². The van der Waals surface area contributed by atoms with Crippen LogP contribution in [0.5, 0.6) is 0 Å². The van der Waals surface area contributed by atoms with Crippen molar-refractivity contribution in [2.75, 3.05) is 0 Å². The van der Waals surface area contributed by atoms with E-state index in [9.17, 15) is 0 Å². The molecule has 0 spiro atoms. The van der Waals surface area contributed by atoms with E-state index in [-0.39, 0.29) is 0 Å². The molecule has 0 N–H and O–H groups in total. The molecule has 4 heterocycles. The summed E-state index contributed by atoms with van der Waals surface area (Å²) in [7, 11) is 0. The second kappa shape index (κ2) is 4.18. The summed E-state index contributed by atoms with van der Waals surface area (Å²) in [6.45, 7) is 0. The van der Waals surface area contributed by atoms with Gasteiger partial charge in [-0.2, -0.15) is 0 Å². The van der Waals surface area contributed by atoms with Crippen molar-refractivity contribution in [1.82, 2.24) is 19.9 Å². The van der Waals surface area contributed by atoms with Crippen molar-refractivity contribution in [1.29, 1.82) is 0 Å². The van der Waals surface area contributed by atoms with E-state index in [1.54, 1.807) is 12.4 Å². The van der Waals surface area contributed by atoms with E-state index in [4.69, 9.17) is 9.97 Å². The Morgan fingerprint density at radius 2 is 0.955 bits per heavy atom. The van der Waals surface area contributed by atoms with Gasteiger partial charge < -0.3 is 0 Å². The summed E-state index contributed by atoms with van der Waals surface area (Å²) in [4.78, 5) is 18.1. The minimum atomic E-state index is 0.900. The van der Waals surface area contributed by atoms with E-state index in [1.807, 2.05) is 24.3 Å². The fraction of sp³-hybridized carbons (Fsp3) is 0. The van der Waals surface area contributed by atoms with Gasteiger partial charge in [-0.3, -0.25) is 9.97 Å². The van der Waals surface area contributed by atoms with Crippen LogP contribution < -0.4 is 0 Å². The quantitative estimate of drug-likeness (QED) is 0.404. The molecule has 5 rings (SSSR count). The van der Waals surface area contributed by atoms with Crippen molar-refractivity contribution >= 4 is 43.9 Å². The highest BCUT2D eigenvalue weighted by Crippen LogP contribution is 2.25. The van der Waals surface area contributed by atoms with Gasteiger partial charge in [-0.25, -0.2) is 9.97 Å². The molecule has 4 aromatic heterocycles. The van der Waals surface area contributed by atoms with E-state index in [2.05, 4.69) is 34.2 Å². The van der Waals surface area contributed by atoms with Gasteiger partial charge in [0.1, 0.15) is 0 Å². The van der Waals surface area contributed by atoms with Crippen LogP contribution in [0.2, 0.25) is 0 Å². The topological polar surface area (TPSA) is 51.6 Å². The van der Waals surface area contributed by atoms with Crippen LogP contribution in [0.3, 0.4) is 0 Å². The minimum Gasteiger partial charge on any atom is -0.255 e. The lowest BCUT2D eigenvalue weighted by Crippen LogP contribution is -1.88. The Balaban J connectivity index is 1.93. The Morgan fingerprint density at radius 1 is 0.500 bits per heavy atom. The lowest BCUT2D eigenvalue weighted by molar-refractivity contribution is 1.37. The van der Waals surface area contributed by atoms with Crippen LogP contribution in [-0.2, 0) is 0 Å². The second-order valence-electron chi connectivity index (χ2n) is 5.30. The number of rotatable bonds is 0. The molecule has 4 nitrogen and oxygen atoms in total. The van der Waals surface area contributed by atoms with Crippen molar-refractivity contribution < 1.29 is 0 Å². The number of hydrogen-bond acceptors (Lipinski definition) is 4. The molecular weight excluding hydrogens is 272 g/mol. The van der Waals surface area contributed by atoms with Gasteiger partial charge in [0.25, 0.3) is 0 Å². The van der Waals surface area contributed by atoms with Crippen molar-refractivity contribution in [2.45, 2.75) is 0 Å². The molecule has 0 unspecified atom stereocenters. The van der Waals surface area contributed by atoms with Crippen molar-refractivity contribution in [3.05, 3.63) is 60.9 Å². The zero-order valence-corrected chi connectivity index (χ0v) is 11.6. The van der Waals surface area contributed by atoms with Crippen LogP contribution in [0.25, 0.3) is 43.9 Å². The van der Waals surface area contributed by atoms with Gasteiger partial charge in [0.2, 0.25) is 0 Å². The number of aromatic nitrogens is 4. The van der Waals surface area contributed by atoms with Gasteiger partial charge in [-0.15, -0.1) is 0 Å². The summed E-state index contributed by atoms with van der Waals surface area (Å²) >= 11 is 0. The van der Waals surface area contributed by atoms with Gasteiger partial charge in [-0.1, -0.05) is 0 Å². The Hall–Kier alpha value is -3.14. The molecule has 0 aliphatic heterocycles. The highest BCUT2D eigenvalue weighted by molar-refractivity contribution is 6.01. The molecule has 102 valence electrons. The number of nitrogens with zero attached hydrogens (tertiary/aromatic N) is 4. The van der Waals surface area contributed by atoms with Crippen LogP contribution >= 0.6 is 0 Å². The predicted octanol–water partition coefficient (Wildman–Crippen LogP) is 3.88. The molecule has 0 saturated heterocycles. The number of pyridine rings is 4. The van der Waals surface area contributed by atoms with E-state index in [0.717, 1.165) is 43.9 Å². The van der Waals surface area contributed by atoms with Crippen LogP contribution in [0.4, 0.5) is 0 Å². The Morgan fingerprint density at radius 3 is 1.45 bits per heavy atom. The summed E-state index contributed by atoms with van der Waals surface area (Å²) in [6, 6.07) is 16.0. The lowest BCUT2D eigenvalue weighted by atomic mass is 10.1. The van der Waals surface area contributed by atoms with Gasteiger partial charge in [-0.05, 0) is 48.5 Å². The highest BCUT2D eigenvalue weighted by Gasteiger charge is 2.05. The third kappa shape index (κ3) is 1.64. The third-order valence-electron chi connectivity index (χ3n) is 3.87. The first-order chi connectivity index (χ1) is 10.9. The van der Waals surface area contributed by atoms with Gasteiger partial charge in [0.05, 0.1) is 33.1 Å². The molecule has 0 aliphatic rings. The first-order valence-electron chi connectivity index (χ1n) is 7.08. The van der Waals surface area contributed by atoms with E-state index < -0.39 is 0 Å². The van der Waals surface area contributed by atoms with Crippen LogP contribution in [0.1, 0.15) is 0 Å². The molecule has 4 heteroatoms. The fourth-order valence-corrected chi connectivity index (χ4v) is 2.82. The molecular formula is C18H10N4. The molecule has 0 bridgehead atoms.